The molecular weight excluding hydrogens is 393 g/mol. The number of aromatic nitrogens is 5. The second-order valence-corrected chi connectivity index (χ2v) is 7.57. The minimum Gasteiger partial charge on any atom is -0.494 e. The Balaban J connectivity index is 1.67. The summed E-state index contributed by atoms with van der Waals surface area (Å²) in [6, 6.07) is 1.48. The van der Waals surface area contributed by atoms with Crippen LogP contribution >= 0.6 is 0 Å². The van der Waals surface area contributed by atoms with Gasteiger partial charge in [0.1, 0.15) is 6.17 Å². The third kappa shape index (κ3) is 3.56. The predicted octanol–water partition coefficient (Wildman–Crippen LogP) is 0.0392. The average Bonchev–Trinajstić information content (AvgIpc) is 3.42. The Kier molecular flexibility index (Phi) is 4.74. The third-order valence-corrected chi connectivity index (χ3v) is 5.39. The first kappa shape index (κ1) is 18.8. The number of aromatic amines is 1. The van der Waals surface area contributed by atoms with Crippen molar-refractivity contribution in [2.75, 3.05) is 31.2 Å². The SMILES string of the molecule is Oc1cc(C=c2cnn3c(N4CCC(F)C4)nc(=NC4CCOCC4)nc23)c(O)[nH]1. The highest BCUT2D eigenvalue weighted by Crippen LogP contribution is 2.22. The Labute approximate surface area is 170 Å². The van der Waals surface area contributed by atoms with Crippen molar-refractivity contribution in [1.29, 1.82) is 0 Å². The molecule has 0 amide bonds. The Morgan fingerprint density at radius 1 is 1.23 bits per heavy atom. The molecule has 0 bridgehead atoms. The molecule has 0 radical (unpaired) electrons. The molecule has 158 valence electrons. The van der Waals surface area contributed by atoms with Gasteiger partial charge in [-0.25, -0.2) is 9.38 Å². The second kappa shape index (κ2) is 7.56. The minimum atomic E-state index is -0.910. The minimum absolute atomic E-state index is 0.0718. The molecule has 2 aliphatic heterocycles. The van der Waals surface area contributed by atoms with Crippen LogP contribution in [0.5, 0.6) is 11.8 Å². The molecule has 1 unspecified atom stereocenters. The van der Waals surface area contributed by atoms with Crippen LogP contribution in [0.3, 0.4) is 0 Å². The van der Waals surface area contributed by atoms with Crippen LogP contribution in [0.25, 0.3) is 11.7 Å². The quantitative estimate of drug-likeness (QED) is 0.552. The zero-order valence-electron chi connectivity index (χ0n) is 16.2. The molecule has 0 aromatic carbocycles. The van der Waals surface area contributed by atoms with Gasteiger partial charge >= 0.3 is 0 Å². The van der Waals surface area contributed by atoms with Crippen molar-refractivity contribution in [3.05, 3.63) is 28.7 Å². The van der Waals surface area contributed by atoms with Crippen molar-refractivity contribution in [2.45, 2.75) is 31.5 Å². The maximum Gasteiger partial charge on any atom is 0.250 e. The largest absolute Gasteiger partial charge is 0.494 e. The van der Waals surface area contributed by atoms with E-state index in [-0.39, 0.29) is 24.3 Å². The van der Waals surface area contributed by atoms with Crippen molar-refractivity contribution in [3.8, 4) is 11.8 Å². The van der Waals surface area contributed by atoms with E-state index in [1.807, 2.05) is 4.90 Å². The lowest BCUT2D eigenvalue weighted by molar-refractivity contribution is 0.0861. The molecule has 0 aliphatic carbocycles. The van der Waals surface area contributed by atoms with Gasteiger partial charge in [0.05, 0.1) is 18.8 Å². The first-order valence-electron chi connectivity index (χ1n) is 9.96. The molecule has 3 aromatic heterocycles. The van der Waals surface area contributed by atoms with Crippen molar-refractivity contribution < 1.29 is 19.3 Å². The smallest absolute Gasteiger partial charge is 0.250 e. The van der Waals surface area contributed by atoms with Crippen molar-refractivity contribution in [1.82, 2.24) is 24.6 Å². The molecule has 5 rings (SSSR count). The molecule has 2 saturated heterocycles. The molecule has 3 N–H and O–H groups in total. The van der Waals surface area contributed by atoms with Crippen LogP contribution in [0.2, 0.25) is 0 Å². The zero-order chi connectivity index (χ0) is 20.7. The number of hydrogen-bond acceptors (Lipinski definition) is 8. The number of ether oxygens (including phenoxy) is 1. The first-order chi connectivity index (χ1) is 14.6. The lowest BCUT2D eigenvalue weighted by atomic mass is 10.1. The van der Waals surface area contributed by atoms with E-state index in [9.17, 15) is 14.6 Å². The number of aromatic hydroxyl groups is 2. The molecule has 10 nitrogen and oxygen atoms in total. The normalized spacial score (nSPS) is 21.9. The summed E-state index contributed by atoms with van der Waals surface area (Å²) in [4.78, 5) is 18.1. The monoisotopic (exact) mass is 415 g/mol. The number of anilines is 1. The van der Waals surface area contributed by atoms with Gasteiger partial charge in [-0.3, -0.25) is 4.98 Å². The summed E-state index contributed by atoms with van der Waals surface area (Å²) in [5, 5.41) is 24.5. The molecule has 11 heteroatoms. The number of alkyl halides is 1. The second-order valence-electron chi connectivity index (χ2n) is 7.57. The molecule has 1 atom stereocenters. The summed E-state index contributed by atoms with van der Waals surface area (Å²) in [6.07, 6.45) is 4.38. The fourth-order valence-corrected chi connectivity index (χ4v) is 3.83. The van der Waals surface area contributed by atoms with Gasteiger partial charge in [0.25, 0.3) is 0 Å². The highest BCUT2D eigenvalue weighted by molar-refractivity contribution is 5.61. The Morgan fingerprint density at radius 3 is 2.77 bits per heavy atom. The van der Waals surface area contributed by atoms with Gasteiger partial charge in [-0.1, -0.05) is 0 Å². The van der Waals surface area contributed by atoms with E-state index >= 15 is 0 Å². The zero-order valence-corrected chi connectivity index (χ0v) is 16.2. The van der Waals surface area contributed by atoms with Gasteiger partial charge in [0, 0.05) is 36.6 Å². The highest BCUT2D eigenvalue weighted by Gasteiger charge is 2.26. The van der Waals surface area contributed by atoms with E-state index in [1.54, 1.807) is 16.8 Å². The van der Waals surface area contributed by atoms with Crippen LogP contribution in [0, 0.1) is 0 Å². The van der Waals surface area contributed by atoms with E-state index in [1.165, 1.54) is 6.07 Å². The van der Waals surface area contributed by atoms with E-state index in [4.69, 9.17) is 9.73 Å². The number of nitrogens with zero attached hydrogens (tertiary/aromatic N) is 6. The maximum absolute atomic E-state index is 13.9. The summed E-state index contributed by atoms with van der Waals surface area (Å²) < 4.78 is 20.8. The van der Waals surface area contributed by atoms with Gasteiger partial charge in [0.15, 0.2) is 17.4 Å². The molecule has 2 fully saturated rings. The fourth-order valence-electron chi connectivity index (χ4n) is 3.83. The van der Waals surface area contributed by atoms with Crippen LogP contribution in [-0.4, -0.2) is 73.3 Å². The molecular formula is C19H22FN7O3. The third-order valence-electron chi connectivity index (χ3n) is 5.39. The number of hydrogen-bond donors (Lipinski definition) is 3. The van der Waals surface area contributed by atoms with Gasteiger partial charge in [-0.05, 0) is 25.3 Å². The van der Waals surface area contributed by atoms with Gasteiger partial charge in [-0.15, -0.1) is 0 Å². The average molecular weight is 415 g/mol. The van der Waals surface area contributed by atoms with Crippen LogP contribution in [0.1, 0.15) is 24.8 Å². The number of H-pyrrole nitrogens is 1. The molecule has 2 aliphatic rings. The molecule has 0 saturated carbocycles. The molecule has 30 heavy (non-hydrogen) atoms. The number of nitrogens with one attached hydrogen (secondary N) is 1. The summed E-state index contributed by atoms with van der Waals surface area (Å²) >= 11 is 0. The number of rotatable bonds is 3. The van der Waals surface area contributed by atoms with Crippen LogP contribution in [-0.2, 0) is 4.74 Å². The summed E-state index contributed by atoms with van der Waals surface area (Å²) in [7, 11) is 0. The highest BCUT2D eigenvalue weighted by atomic mass is 19.1. The van der Waals surface area contributed by atoms with E-state index in [0.29, 0.717) is 54.2 Å². The van der Waals surface area contributed by atoms with Gasteiger partial charge < -0.3 is 19.8 Å². The Morgan fingerprint density at radius 2 is 2.07 bits per heavy atom. The fraction of sp³-hybridized carbons (Fsp3) is 0.474. The number of halogens is 1. The van der Waals surface area contributed by atoms with Crippen molar-refractivity contribution in [2.24, 2.45) is 4.99 Å². The lowest BCUT2D eigenvalue weighted by Crippen LogP contribution is -2.31. The molecule has 3 aromatic rings. The van der Waals surface area contributed by atoms with Crippen LogP contribution < -0.4 is 15.7 Å². The lowest BCUT2D eigenvalue weighted by Gasteiger charge is -2.18. The van der Waals surface area contributed by atoms with Gasteiger partial charge in [0.2, 0.25) is 11.6 Å². The summed E-state index contributed by atoms with van der Waals surface area (Å²) in [6.45, 7) is 2.09. The Bertz CT molecular complexity index is 1180. The Hall–Kier alpha value is -3.21. The predicted molar refractivity (Wildman–Crippen MR) is 105 cm³/mol. The van der Waals surface area contributed by atoms with E-state index < -0.39 is 6.17 Å². The maximum atomic E-state index is 13.9. The first-order valence-corrected chi connectivity index (χ1v) is 9.96. The summed E-state index contributed by atoms with van der Waals surface area (Å²) in [5.41, 5.74) is 1.21. The van der Waals surface area contributed by atoms with Crippen LogP contribution in [0.15, 0.2) is 17.3 Å². The summed E-state index contributed by atoms with van der Waals surface area (Å²) in [5.74, 6) is 0.187. The van der Waals surface area contributed by atoms with E-state index in [2.05, 4.69) is 20.1 Å². The van der Waals surface area contributed by atoms with Gasteiger partial charge in [-0.2, -0.15) is 19.6 Å². The van der Waals surface area contributed by atoms with E-state index in [0.717, 1.165) is 12.8 Å². The molecule has 5 heterocycles. The molecule has 0 spiro atoms. The standard InChI is InChI=1S/C19H22FN7O3/c20-13-1-4-26(10-13)19-25-18(22-14-2-5-30-6-3-14)24-16-12(9-21-27(16)19)7-11-8-15(28)23-17(11)29/h7-9,13-14,23,28-29H,1-6,10H2. The number of fused-ring (bicyclic) bond motifs is 1. The topological polar surface area (TPSA) is 124 Å². The van der Waals surface area contributed by atoms with Crippen molar-refractivity contribution in [3.63, 3.8) is 0 Å². The van der Waals surface area contributed by atoms with Crippen molar-refractivity contribution >= 4 is 17.7 Å². The van der Waals surface area contributed by atoms with Crippen LogP contribution in [0.4, 0.5) is 10.3 Å².